The van der Waals surface area contributed by atoms with E-state index in [1.807, 2.05) is 36.2 Å². The van der Waals surface area contributed by atoms with Crippen molar-refractivity contribution < 1.29 is 9.53 Å². The number of amides is 1. The zero-order valence-corrected chi connectivity index (χ0v) is 17.7. The molecule has 1 amide bonds. The van der Waals surface area contributed by atoms with Crippen LogP contribution in [0.25, 0.3) is 0 Å². The monoisotopic (exact) mass is 406 g/mol. The van der Waals surface area contributed by atoms with E-state index in [0.717, 1.165) is 63.4 Å². The second-order valence-corrected chi connectivity index (χ2v) is 8.87. The molecular formula is C24H30N4O2. The molecule has 0 saturated carbocycles. The molecule has 0 N–H and O–H groups in total. The second kappa shape index (κ2) is 8.08. The fraction of sp³-hybridized carbons (Fsp3) is 0.542. The third-order valence-electron chi connectivity index (χ3n) is 6.98. The molecule has 2 saturated heterocycles. The molecule has 158 valence electrons. The average molecular weight is 407 g/mol. The van der Waals surface area contributed by atoms with Gasteiger partial charge in [0.2, 0.25) is 5.91 Å². The minimum atomic E-state index is -0.258. The van der Waals surface area contributed by atoms with Gasteiger partial charge in [-0.3, -0.25) is 9.69 Å². The molecule has 6 nitrogen and oxygen atoms in total. The summed E-state index contributed by atoms with van der Waals surface area (Å²) in [5.74, 6) is 1.10. The minimum absolute atomic E-state index is 0.258. The van der Waals surface area contributed by atoms with E-state index in [1.165, 1.54) is 11.1 Å². The second-order valence-electron chi connectivity index (χ2n) is 8.87. The molecule has 1 spiro atoms. The van der Waals surface area contributed by atoms with Crippen LogP contribution >= 0.6 is 0 Å². The van der Waals surface area contributed by atoms with Gasteiger partial charge >= 0.3 is 0 Å². The van der Waals surface area contributed by atoms with E-state index < -0.39 is 0 Å². The summed E-state index contributed by atoms with van der Waals surface area (Å²) in [5.41, 5.74) is 3.31. The van der Waals surface area contributed by atoms with Gasteiger partial charge in [0.15, 0.2) is 0 Å². The van der Waals surface area contributed by atoms with Crippen molar-refractivity contribution in [1.29, 1.82) is 0 Å². The van der Waals surface area contributed by atoms with Crippen molar-refractivity contribution in [3.05, 3.63) is 59.2 Å². The van der Waals surface area contributed by atoms with Gasteiger partial charge in [-0.2, -0.15) is 0 Å². The van der Waals surface area contributed by atoms with Crippen LogP contribution in [0.3, 0.4) is 0 Å². The lowest BCUT2D eigenvalue weighted by Gasteiger charge is -2.47. The van der Waals surface area contributed by atoms with Gasteiger partial charge in [0.1, 0.15) is 11.4 Å². The largest absolute Gasteiger partial charge is 0.368 e. The van der Waals surface area contributed by atoms with Crippen molar-refractivity contribution in [3.63, 3.8) is 0 Å². The molecule has 2 aromatic rings. The molecule has 1 atom stereocenters. The van der Waals surface area contributed by atoms with Crippen LogP contribution < -0.4 is 0 Å². The maximum Gasteiger partial charge on any atom is 0.222 e. The van der Waals surface area contributed by atoms with Crippen molar-refractivity contribution in [1.82, 2.24) is 19.8 Å². The fourth-order valence-electron chi connectivity index (χ4n) is 5.28. The zero-order chi connectivity index (χ0) is 20.6. The topological polar surface area (TPSA) is 58.6 Å². The number of aryl methyl sites for hydroxylation is 1. The van der Waals surface area contributed by atoms with Gasteiger partial charge < -0.3 is 9.64 Å². The third kappa shape index (κ3) is 3.74. The van der Waals surface area contributed by atoms with Crippen LogP contribution in [0.4, 0.5) is 0 Å². The molecule has 30 heavy (non-hydrogen) atoms. The highest BCUT2D eigenvalue weighted by Crippen LogP contribution is 2.41. The lowest BCUT2D eigenvalue weighted by Crippen LogP contribution is -2.55. The maximum absolute atomic E-state index is 12.5. The zero-order valence-electron chi connectivity index (χ0n) is 17.7. The lowest BCUT2D eigenvalue weighted by molar-refractivity contribution is -0.138. The molecule has 2 fully saturated rings. The van der Waals surface area contributed by atoms with Gasteiger partial charge in [-0.05, 0) is 43.7 Å². The van der Waals surface area contributed by atoms with Gasteiger partial charge in [0, 0.05) is 44.8 Å². The number of likely N-dealkylation sites (tertiary alicyclic amines) is 2. The van der Waals surface area contributed by atoms with E-state index in [4.69, 9.17) is 9.72 Å². The van der Waals surface area contributed by atoms with Crippen molar-refractivity contribution in [3.8, 4) is 0 Å². The highest BCUT2D eigenvalue weighted by molar-refractivity contribution is 5.77. The first-order valence-electron chi connectivity index (χ1n) is 11.2. The number of hydrogen-bond acceptors (Lipinski definition) is 5. The van der Waals surface area contributed by atoms with Crippen LogP contribution in [0.15, 0.2) is 36.5 Å². The van der Waals surface area contributed by atoms with E-state index >= 15 is 0 Å². The fourth-order valence-corrected chi connectivity index (χ4v) is 5.28. The number of carbonyl (C=O) groups excluding carboxylic acids is 1. The molecule has 3 aliphatic heterocycles. The SMILES string of the molecule is Cc1ncc2c(n1)C1(CCN(C3CCC(=O)N(Cc4ccccc4)C3)CC1)OCC2. The molecule has 1 aromatic carbocycles. The molecule has 0 bridgehead atoms. The first-order valence-corrected chi connectivity index (χ1v) is 11.2. The van der Waals surface area contributed by atoms with E-state index in [9.17, 15) is 4.79 Å². The summed E-state index contributed by atoms with van der Waals surface area (Å²) < 4.78 is 6.36. The molecule has 0 radical (unpaired) electrons. The first-order chi connectivity index (χ1) is 14.6. The van der Waals surface area contributed by atoms with Crippen LogP contribution in [0, 0.1) is 6.92 Å². The Bertz CT molecular complexity index is 909. The summed E-state index contributed by atoms with van der Waals surface area (Å²) >= 11 is 0. The van der Waals surface area contributed by atoms with Crippen molar-refractivity contribution in [2.45, 2.75) is 57.2 Å². The Kier molecular flexibility index (Phi) is 5.29. The molecule has 1 unspecified atom stereocenters. The third-order valence-corrected chi connectivity index (χ3v) is 6.98. The lowest BCUT2D eigenvalue weighted by atomic mass is 9.82. The summed E-state index contributed by atoms with van der Waals surface area (Å²) in [6.45, 7) is 6.21. The van der Waals surface area contributed by atoms with Crippen LogP contribution in [0.5, 0.6) is 0 Å². The Morgan fingerprint density at radius 3 is 2.77 bits per heavy atom. The standard InChI is InChI=1S/C24H30N4O2/c1-18-25-15-20-9-14-30-24(23(20)26-18)10-12-27(13-11-24)21-7-8-22(29)28(17-21)16-19-5-3-2-4-6-19/h2-6,15,21H,7-14,16-17H2,1H3. The Morgan fingerprint density at radius 2 is 1.97 bits per heavy atom. The van der Waals surface area contributed by atoms with Gasteiger partial charge in [-0.15, -0.1) is 0 Å². The quantitative estimate of drug-likeness (QED) is 0.785. The number of rotatable bonds is 3. The predicted octanol–water partition coefficient (Wildman–Crippen LogP) is 2.84. The average Bonchev–Trinajstić information content (AvgIpc) is 2.77. The summed E-state index contributed by atoms with van der Waals surface area (Å²) in [6, 6.07) is 10.7. The number of fused-ring (bicyclic) bond motifs is 2. The minimum Gasteiger partial charge on any atom is -0.368 e. The predicted molar refractivity (Wildman–Crippen MR) is 114 cm³/mol. The molecular weight excluding hydrogens is 376 g/mol. The molecule has 6 heteroatoms. The number of nitrogens with zero attached hydrogens (tertiary/aromatic N) is 4. The van der Waals surface area contributed by atoms with Crippen LogP contribution in [-0.2, 0) is 28.1 Å². The van der Waals surface area contributed by atoms with Crippen LogP contribution in [0.1, 0.15) is 48.3 Å². The summed E-state index contributed by atoms with van der Waals surface area (Å²) in [6.07, 6.45) is 6.41. The molecule has 5 rings (SSSR count). The van der Waals surface area contributed by atoms with E-state index in [1.54, 1.807) is 0 Å². The molecule has 0 aliphatic carbocycles. The summed E-state index contributed by atoms with van der Waals surface area (Å²) in [5, 5.41) is 0. The van der Waals surface area contributed by atoms with E-state index in [2.05, 4.69) is 22.0 Å². The van der Waals surface area contributed by atoms with Crippen molar-refractivity contribution in [2.24, 2.45) is 0 Å². The molecule has 4 heterocycles. The highest BCUT2D eigenvalue weighted by atomic mass is 16.5. The molecule has 3 aliphatic rings. The van der Waals surface area contributed by atoms with Crippen molar-refractivity contribution in [2.75, 3.05) is 26.2 Å². The van der Waals surface area contributed by atoms with E-state index in [-0.39, 0.29) is 11.5 Å². The first kappa shape index (κ1) is 19.6. The number of carbonyl (C=O) groups is 1. The molecule has 1 aromatic heterocycles. The summed E-state index contributed by atoms with van der Waals surface area (Å²) in [7, 11) is 0. The maximum atomic E-state index is 12.5. The smallest absolute Gasteiger partial charge is 0.222 e. The van der Waals surface area contributed by atoms with Gasteiger partial charge in [-0.25, -0.2) is 9.97 Å². The Labute approximate surface area is 178 Å². The van der Waals surface area contributed by atoms with Gasteiger partial charge in [0.05, 0.1) is 12.3 Å². The highest BCUT2D eigenvalue weighted by Gasteiger charge is 2.44. The Morgan fingerprint density at radius 1 is 1.17 bits per heavy atom. The normalized spacial score (nSPS) is 24.1. The number of benzene rings is 1. The van der Waals surface area contributed by atoms with Crippen LogP contribution in [0.2, 0.25) is 0 Å². The van der Waals surface area contributed by atoms with Gasteiger partial charge in [-0.1, -0.05) is 30.3 Å². The van der Waals surface area contributed by atoms with Crippen LogP contribution in [-0.4, -0.2) is 58.0 Å². The number of ether oxygens (including phenoxy) is 1. The number of piperidine rings is 2. The Hall–Kier alpha value is -2.31. The number of aromatic nitrogens is 2. The van der Waals surface area contributed by atoms with Crippen molar-refractivity contribution >= 4 is 5.91 Å². The Balaban J connectivity index is 1.26. The number of hydrogen-bond donors (Lipinski definition) is 0. The summed E-state index contributed by atoms with van der Waals surface area (Å²) in [4.78, 5) is 26.3. The van der Waals surface area contributed by atoms with Gasteiger partial charge in [0.25, 0.3) is 0 Å². The van der Waals surface area contributed by atoms with E-state index in [0.29, 0.717) is 19.0 Å².